The highest BCUT2D eigenvalue weighted by Gasteiger charge is 2.11. The van der Waals surface area contributed by atoms with Crippen LogP contribution in [0, 0.1) is 0 Å². The molecule has 0 spiro atoms. The Labute approximate surface area is 102 Å². The Morgan fingerprint density at radius 2 is 2.00 bits per heavy atom. The molecule has 3 heteroatoms. The van der Waals surface area contributed by atoms with Crippen molar-refractivity contribution in [1.82, 2.24) is 15.2 Å². The predicted octanol–water partition coefficient (Wildman–Crippen LogP) is 1.63. The van der Waals surface area contributed by atoms with Gasteiger partial charge in [0.05, 0.1) is 0 Å². The molecule has 0 atom stereocenters. The molecule has 1 aromatic carbocycles. The second-order valence-electron chi connectivity index (χ2n) is 4.62. The Morgan fingerprint density at radius 1 is 1.18 bits per heavy atom. The number of hydrogen-bond acceptors (Lipinski definition) is 1. The number of nitrogens with one attached hydrogen (secondary N) is 1. The Kier molecular flexibility index (Phi) is 3.12. The van der Waals surface area contributed by atoms with Crippen molar-refractivity contribution in [3.8, 4) is 0 Å². The van der Waals surface area contributed by atoms with E-state index in [1.165, 1.54) is 16.5 Å². The van der Waals surface area contributed by atoms with Crippen LogP contribution in [0.4, 0.5) is 0 Å². The molecule has 2 aromatic rings. The zero-order valence-corrected chi connectivity index (χ0v) is 10.0. The van der Waals surface area contributed by atoms with Crippen molar-refractivity contribution >= 4 is 10.9 Å². The Hall–Kier alpha value is -1.32. The molecule has 1 N–H and O–H groups in total. The summed E-state index contributed by atoms with van der Waals surface area (Å²) < 4.78 is 0. The maximum atomic E-state index is 4.37. The summed E-state index contributed by atoms with van der Waals surface area (Å²) in [6.45, 7) is 5.42. The minimum atomic E-state index is 1.01. The topological polar surface area (TPSA) is 33.1 Å². The first-order valence-corrected chi connectivity index (χ1v) is 6.34. The third kappa shape index (κ3) is 2.35. The van der Waals surface area contributed by atoms with Gasteiger partial charge in [-0.25, -0.2) is 5.32 Å². The monoisotopic (exact) mass is 228 g/mol. The highest BCUT2D eigenvalue weighted by atomic mass is 15.2. The second kappa shape index (κ2) is 4.90. The van der Waals surface area contributed by atoms with Gasteiger partial charge in [0.15, 0.2) is 0 Å². The molecule has 0 bridgehead atoms. The van der Waals surface area contributed by atoms with E-state index in [4.69, 9.17) is 0 Å². The van der Waals surface area contributed by atoms with Crippen LogP contribution < -0.4 is 5.32 Å². The van der Waals surface area contributed by atoms with Crippen molar-refractivity contribution in [2.45, 2.75) is 6.42 Å². The van der Waals surface area contributed by atoms with Crippen molar-refractivity contribution in [2.24, 2.45) is 0 Å². The average molecular weight is 228 g/mol. The molecular formula is C14H18N3. The predicted molar refractivity (Wildman–Crippen MR) is 70.3 cm³/mol. The zero-order valence-electron chi connectivity index (χ0n) is 10.0. The van der Waals surface area contributed by atoms with E-state index in [0.29, 0.717) is 0 Å². The van der Waals surface area contributed by atoms with E-state index in [0.717, 1.165) is 39.1 Å². The molecule has 1 saturated heterocycles. The fourth-order valence-corrected chi connectivity index (χ4v) is 2.49. The Morgan fingerprint density at radius 3 is 2.88 bits per heavy atom. The van der Waals surface area contributed by atoms with Crippen LogP contribution >= 0.6 is 0 Å². The number of piperazine rings is 1. The highest BCUT2D eigenvalue weighted by Crippen LogP contribution is 2.18. The molecule has 3 nitrogen and oxygen atoms in total. The standard InChI is InChI=1S/C14H18N3/c1-2-4-14-13(3-1)12(11-16-14)5-8-17-9-6-15-7-10-17/h1-4,11,16H,5-10H2. The molecule has 89 valence electrons. The van der Waals surface area contributed by atoms with Crippen molar-refractivity contribution in [1.29, 1.82) is 0 Å². The number of aromatic nitrogens is 1. The van der Waals surface area contributed by atoms with E-state index in [9.17, 15) is 0 Å². The molecule has 0 aliphatic carbocycles. The Bertz CT molecular complexity index is 483. The molecule has 0 saturated carbocycles. The molecule has 1 aliphatic heterocycles. The van der Waals surface area contributed by atoms with E-state index < -0.39 is 0 Å². The highest BCUT2D eigenvalue weighted by molar-refractivity contribution is 5.83. The quantitative estimate of drug-likeness (QED) is 0.851. The molecule has 1 radical (unpaired) electrons. The van der Waals surface area contributed by atoms with Crippen LogP contribution in [0.15, 0.2) is 30.5 Å². The lowest BCUT2D eigenvalue weighted by atomic mass is 10.1. The van der Waals surface area contributed by atoms with E-state index in [2.05, 4.69) is 45.7 Å². The summed E-state index contributed by atoms with van der Waals surface area (Å²) in [6.07, 6.45) is 3.28. The second-order valence-corrected chi connectivity index (χ2v) is 4.62. The number of aromatic amines is 1. The van der Waals surface area contributed by atoms with Gasteiger partial charge in [-0.1, -0.05) is 18.2 Å². The minimum absolute atomic E-state index is 1.01. The fraction of sp³-hybridized carbons (Fsp3) is 0.429. The molecule has 17 heavy (non-hydrogen) atoms. The summed E-state index contributed by atoms with van der Waals surface area (Å²) in [5.41, 5.74) is 2.68. The van der Waals surface area contributed by atoms with Crippen LogP contribution in [0.3, 0.4) is 0 Å². The van der Waals surface area contributed by atoms with E-state index >= 15 is 0 Å². The Balaban J connectivity index is 1.68. The molecule has 2 heterocycles. The van der Waals surface area contributed by atoms with Crippen LogP contribution in [0.5, 0.6) is 0 Å². The lowest BCUT2D eigenvalue weighted by molar-refractivity contribution is 0.241. The number of benzene rings is 1. The van der Waals surface area contributed by atoms with Gasteiger partial charge in [-0.3, -0.25) is 0 Å². The molecule has 1 aromatic heterocycles. The number of rotatable bonds is 3. The van der Waals surface area contributed by atoms with Crippen molar-refractivity contribution in [2.75, 3.05) is 32.7 Å². The summed E-state index contributed by atoms with van der Waals surface area (Å²) in [7, 11) is 0. The maximum absolute atomic E-state index is 4.37. The molecular weight excluding hydrogens is 210 g/mol. The van der Waals surface area contributed by atoms with Gasteiger partial charge < -0.3 is 9.88 Å². The zero-order chi connectivity index (χ0) is 11.5. The lowest BCUT2D eigenvalue weighted by Gasteiger charge is -2.25. The number of H-pyrrole nitrogens is 1. The van der Waals surface area contributed by atoms with Crippen molar-refractivity contribution in [3.05, 3.63) is 36.0 Å². The van der Waals surface area contributed by atoms with Crippen molar-refractivity contribution < 1.29 is 0 Å². The van der Waals surface area contributed by atoms with E-state index in [1.807, 2.05) is 0 Å². The summed E-state index contributed by atoms with van der Waals surface area (Å²) in [5, 5.41) is 5.74. The maximum Gasteiger partial charge on any atom is 0.0456 e. The van der Waals surface area contributed by atoms with Crippen molar-refractivity contribution in [3.63, 3.8) is 0 Å². The van der Waals surface area contributed by atoms with Crippen LogP contribution in [-0.2, 0) is 6.42 Å². The fourth-order valence-electron chi connectivity index (χ4n) is 2.49. The number of hydrogen-bond donors (Lipinski definition) is 1. The third-order valence-corrected chi connectivity index (χ3v) is 3.52. The van der Waals surface area contributed by atoms with E-state index in [1.54, 1.807) is 0 Å². The number of nitrogens with zero attached hydrogens (tertiary/aromatic N) is 2. The molecule has 0 unspecified atom stereocenters. The third-order valence-electron chi connectivity index (χ3n) is 3.52. The van der Waals surface area contributed by atoms with Gasteiger partial charge in [-0.2, -0.15) is 0 Å². The van der Waals surface area contributed by atoms with Crippen LogP contribution in [0.2, 0.25) is 0 Å². The van der Waals surface area contributed by atoms with Gasteiger partial charge in [-0.05, 0) is 18.1 Å². The SMILES string of the molecule is c1ccc2c(CCN3CC[N]CC3)c[nH]c2c1. The first kappa shape index (κ1) is 10.8. The normalized spacial score (nSPS) is 17.6. The van der Waals surface area contributed by atoms with E-state index in [-0.39, 0.29) is 0 Å². The number of fused-ring (bicyclic) bond motifs is 1. The summed E-state index contributed by atoms with van der Waals surface area (Å²) >= 11 is 0. The average Bonchev–Trinajstić information content (AvgIpc) is 2.81. The van der Waals surface area contributed by atoms with Gasteiger partial charge >= 0.3 is 0 Å². The van der Waals surface area contributed by atoms with Crippen LogP contribution in [-0.4, -0.2) is 42.6 Å². The smallest absolute Gasteiger partial charge is 0.0456 e. The minimum Gasteiger partial charge on any atom is -0.361 e. The van der Waals surface area contributed by atoms with Gasteiger partial charge in [0.25, 0.3) is 0 Å². The largest absolute Gasteiger partial charge is 0.361 e. The lowest BCUT2D eigenvalue weighted by Crippen LogP contribution is -2.41. The molecule has 1 fully saturated rings. The first-order chi connectivity index (χ1) is 8.43. The number of para-hydroxylation sites is 1. The summed E-state index contributed by atoms with van der Waals surface area (Å²) in [4.78, 5) is 5.85. The summed E-state index contributed by atoms with van der Waals surface area (Å²) in [6, 6.07) is 8.53. The van der Waals surface area contributed by atoms with Gasteiger partial charge in [0.2, 0.25) is 0 Å². The van der Waals surface area contributed by atoms with Gasteiger partial charge in [0, 0.05) is 49.8 Å². The van der Waals surface area contributed by atoms with Crippen LogP contribution in [0.1, 0.15) is 5.56 Å². The van der Waals surface area contributed by atoms with Gasteiger partial charge in [0.1, 0.15) is 0 Å². The molecule has 0 amide bonds. The van der Waals surface area contributed by atoms with Gasteiger partial charge in [-0.15, -0.1) is 0 Å². The molecule has 3 rings (SSSR count). The first-order valence-electron chi connectivity index (χ1n) is 6.34. The molecule has 1 aliphatic rings. The van der Waals surface area contributed by atoms with Crippen LogP contribution in [0.25, 0.3) is 10.9 Å². The summed E-state index contributed by atoms with van der Waals surface area (Å²) in [5.74, 6) is 0.